The number of aliphatic hydroxyl groups is 2. The molecule has 32 heavy (non-hydrogen) atoms. The summed E-state index contributed by atoms with van der Waals surface area (Å²) in [5, 5.41) is 32.0. The number of amides is 1. The average molecular weight is 429 g/mol. The summed E-state index contributed by atoms with van der Waals surface area (Å²) in [5.41, 5.74) is 5.13. The van der Waals surface area contributed by atoms with Crippen molar-refractivity contribution in [2.75, 3.05) is 13.2 Å². The number of benzene rings is 2. The van der Waals surface area contributed by atoms with Crippen LogP contribution in [0.5, 0.6) is 0 Å². The molecule has 1 amide bonds. The van der Waals surface area contributed by atoms with Gasteiger partial charge in [0.2, 0.25) is 0 Å². The number of nitrogens with one attached hydrogen (secondary N) is 1. The number of carbonyl (C=O) groups is 1. The van der Waals surface area contributed by atoms with Crippen molar-refractivity contribution in [3.63, 3.8) is 0 Å². The van der Waals surface area contributed by atoms with Crippen molar-refractivity contribution in [3.8, 4) is 17.2 Å². The fourth-order valence-electron chi connectivity index (χ4n) is 4.01. The van der Waals surface area contributed by atoms with Gasteiger partial charge in [-0.15, -0.1) is 0 Å². The van der Waals surface area contributed by atoms with Gasteiger partial charge >= 0.3 is 6.09 Å². The van der Waals surface area contributed by atoms with E-state index in [1.165, 1.54) is 18.3 Å². The first kappa shape index (κ1) is 21.5. The molecule has 4 rings (SSSR count). The molecule has 0 bridgehead atoms. The molecule has 162 valence electrons. The summed E-state index contributed by atoms with van der Waals surface area (Å²) >= 11 is 0. The van der Waals surface area contributed by atoms with E-state index in [1.807, 2.05) is 42.5 Å². The van der Waals surface area contributed by atoms with Crippen molar-refractivity contribution < 1.29 is 19.7 Å². The molecule has 0 aliphatic heterocycles. The van der Waals surface area contributed by atoms with Gasteiger partial charge in [0.05, 0.1) is 23.4 Å². The molecule has 0 fully saturated rings. The summed E-state index contributed by atoms with van der Waals surface area (Å²) in [6.45, 7) is 0.322. The fraction of sp³-hybridized carbons (Fsp3) is 0.240. The number of rotatable bonds is 7. The van der Waals surface area contributed by atoms with Gasteiger partial charge in [-0.2, -0.15) is 5.26 Å². The molecule has 1 aromatic heterocycles. The van der Waals surface area contributed by atoms with Crippen LogP contribution >= 0.6 is 0 Å². The number of pyridine rings is 1. The normalized spacial score (nSPS) is 14.0. The average Bonchev–Trinajstić information content (AvgIpc) is 3.16. The molecule has 7 nitrogen and oxygen atoms in total. The Morgan fingerprint density at radius 3 is 2.41 bits per heavy atom. The van der Waals surface area contributed by atoms with Gasteiger partial charge in [0.15, 0.2) is 0 Å². The number of ether oxygens (including phenoxy) is 1. The number of nitriles is 1. The molecule has 2 aromatic carbocycles. The first-order chi connectivity index (χ1) is 15.6. The molecular formula is C25H23N3O4. The van der Waals surface area contributed by atoms with Crippen LogP contribution in [0.4, 0.5) is 4.79 Å². The minimum Gasteiger partial charge on any atom is -0.449 e. The largest absolute Gasteiger partial charge is 0.449 e. The molecule has 2 unspecified atom stereocenters. The van der Waals surface area contributed by atoms with Crippen molar-refractivity contribution in [2.45, 2.75) is 24.5 Å². The molecule has 2 atom stereocenters. The van der Waals surface area contributed by atoms with E-state index in [4.69, 9.17) is 10.00 Å². The third kappa shape index (κ3) is 4.47. The summed E-state index contributed by atoms with van der Waals surface area (Å²) < 4.78 is 5.45. The van der Waals surface area contributed by atoms with Gasteiger partial charge in [-0.25, -0.2) is 4.79 Å². The number of hydrogen-bond acceptors (Lipinski definition) is 6. The molecule has 0 spiro atoms. The summed E-state index contributed by atoms with van der Waals surface area (Å²) in [7, 11) is 0. The quantitative estimate of drug-likeness (QED) is 0.531. The molecule has 0 saturated carbocycles. The van der Waals surface area contributed by atoms with Crippen LogP contribution in [-0.4, -0.2) is 40.5 Å². The molecule has 1 heterocycles. The minimum absolute atomic E-state index is 0.0287. The van der Waals surface area contributed by atoms with Crippen LogP contribution in [0.15, 0.2) is 66.9 Å². The number of carbonyl (C=O) groups excluding carboxylic acids is 1. The lowest BCUT2D eigenvalue weighted by molar-refractivity contribution is 0.0112. The molecule has 7 heteroatoms. The zero-order valence-corrected chi connectivity index (χ0v) is 17.3. The molecule has 0 saturated heterocycles. The first-order valence-corrected chi connectivity index (χ1v) is 10.4. The van der Waals surface area contributed by atoms with Crippen molar-refractivity contribution in [1.29, 1.82) is 5.26 Å². The van der Waals surface area contributed by atoms with Gasteiger partial charge in [0, 0.05) is 18.7 Å². The van der Waals surface area contributed by atoms with E-state index in [9.17, 15) is 15.0 Å². The number of aromatic nitrogens is 1. The van der Waals surface area contributed by atoms with Crippen molar-refractivity contribution in [1.82, 2.24) is 10.3 Å². The molecular weight excluding hydrogens is 406 g/mol. The molecule has 0 radical (unpaired) electrons. The molecule has 3 N–H and O–H groups in total. The van der Waals surface area contributed by atoms with Crippen molar-refractivity contribution >= 4 is 6.09 Å². The maximum atomic E-state index is 12.2. The lowest BCUT2D eigenvalue weighted by atomic mass is 9.98. The third-order valence-electron chi connectivity index (χ3n) is 5.63. The van der Waals surface area contributed by atoms with Gasteiger partial charge in [-0.1, -0.05) is 48.5 Å². The van der Waals surface area contributed by atoms with Crippen molar-refractivity contribution in [3.05, 3.63) is 89.2 Å². The van der Waals surface area contributed by atoms with Crippen LogP contribution in [0.1, 0.15) is 40.8 Å². The predicted molar refractivity (Wildman–Crippen MR) is 118 cm³/mol. The van der Waals surface area contributed by atoms with Crippen LogP contribution in [0, 0.1) is 11.3 Å². The Morgan fingerprint density at radius 2 is 1.75 bits per heavy atom. The summed E-state index contributed by atoms with van der Waals surface area (Å²) in [6, 6.07) is 21.1. The van der Waals surface area contributed by atoms with E-state index in [-0.39, 0.29) is 31.2 Å². The van der Waals surface area contributed by atoms with Gasteiger partial charge in [0.25, 0.3) is 0 Å². The second-order valence-corrected chi connectivity index (χ2v) is 7.63. The highest BCUT2D eigenvalue weighted by molar-refractivity contribution is 5.79. The van der Waals surface area contributed by atoms with Gasteiger partial charge in [-0.3, -0.25) is 4.98 Å². The highest BCUT2D eigenvalue weighted by atomic mass is 16.5. The fourth-order valence-corrected chi connectivity index (χ4v) is 4.01. The Hall–Kier alpha value is -3.73. The highest BCUT2D eigenvalue weighted by Gasteiger charge is 2.29. The maximum absolute atomic E-state index is 12.2. The molecule has 1 aliphatic rings. The monoisotopic (exact) mass is 429 g/mol. The predicted octanol–water partition coefficient (Wildman–Crippen LogP) is 3.28. The topological polar surface area (TPSA) is 115 Å². The van der Waals surface area contributed by atoms with Gasteiger partial charge < -0.3 is 20.3 Å². The van der Waals surface area contributed by atoms with Crippen LogP contribution < -0.4 is 5.32 Å². The van der Waals surface area contributed by atoms with Gasteiger partial charge in [-0.05, 0) is 40.8 Å². The Balaban J connectivity index is 1.28. The van der Waals surface area contributed by atoms with E-state index in [0.717, 1.165) is 22.3 Å². The van der Waals surface area contributed by atoms with Crippen LogP contribution in [0.2, 0.25) is 0 Å². The summed E-state index contributed by atoms with van der Waals surface area (Å²) in [6.07, 6.45) is -1.49. The second kappa shape index (κ2) is 9.60. The van der Waals surface area contributed by atoms with E-state index >= 15 is 0 Å². The van der Waals surface area contributed by atoms with E-state index in [2.05, 4.69) is 22.4 Å². The Labute approximate surface area is 185 Å². The lowest BCUT2D eigenvalue weighted by Gasteiger charge is -2.18. The van der Waals surface area contributed by atoms with E-state index in [1.54, 1.807) is 0 Å². The first-order valence-electron chi connectivity index (χ1n) is 10.4. The van der Waals surface area contributed by atoms with Crippen LogP contribution in [0.3, 0.4) is 0 Å². The Bertz CT molecular complexity index is 1110. The number of fused-ring (bicyclic) bond motifs is 3. The SMILES string of the molecule is N#Cc1ccnc(C(O)C(O)CCNC(=O)OCC2c3ccccc3-c3ccccc32)c1. The van der Waals surface area contributed by atoms with Crippen LogP contribution in [-0.2, 0) is 4.74 Å². The summed E-state index contributed by atoms with van der Waals surface area (Å²) in [5.74, 6) is -0.0287. The number of nitrogens with zero attached hydrogens (tertiary/aromatic N) is 2. The Kier molecular flexibility index (Phi) is 6.45. The highest BCUT2D eigenvalue weighted by Crippen LogP contribution is 2.44. The van der Waals surface area contributed by atoms with E-state index in [0.29, 0.717) is 5.56 Å². The number of hydrogen-bond donors (Lipinski definition) is 3. The minimum atomic E-state index is -1.26. The summed E-state index contributed by atoms with van der Waals surface area (Å²) in [4.78, 5) is 16.2. The van der Waals surface area contributed by atoms with Crippen molar-refractivity contribution in [2.24, 2.45) is 0 Å². The number of aliphatic hydroxyl groups excluding tert-OH is 2. The standard InChI is InChI=1S/C25H23N3O4/c26-14-16-9-11-27-22(13-16)24(30)23(29)10-12-28-25(31)32-15-21-19-7-3-1-5-17(19)18-6-2-4-8-20(18)21/h1-9,11,13,21,23-24,29-30H,10,12,15H2,(H,28,31). The Morgan fingerprint density at radius 1 is 1.09 bits per heavy atom. The molecule has 3 aromatic rings. The zero-order valence-electron chi connectivity index (χ0n) is 17.3. The lowest BCUT2D eigenvalue weighted by Crippen LogP contribution is -2.30. The zero-order chi connectivity index (χ0) is 22.5. The maximum Gasteiger partial charge on any atom is 0.407 e. The smallest absolute Gasteiger partial charge is 0.407 e. The van der Waals surface area contributed by atoms with E-state index < -0.39 is 18.3 Å². The number of alkyl carbamates (subject to hydrolysis) is 1. The van der Waals surface area contributed by atoms with Gasteiger partial charge in [0.1, 0.15) is 12.7 Å². The van der Waals surface area contributed by atoms with Crippen LogP contribution in [0.25, 0.3) is 11.1 Å². The molecule has 1 aliphatic carbocycles. The second-order valence-electron chi connectivity index (χ2n) is 7.63. The third-order valence-corrected chi connectivity index (χ3v) is 5.63.